The fourth-order valence-corrected chi connectivity index (χ4v) is 5.19. The second-order valence-corrected chi connectivity index (χ2v) is 9.27. The van der Waals surface area contributed by atoms with Crippen LogP contribution in [0.3, 0.4) is 0 Å². The van der Waals surface area contributed by atoms with Gasteiger partial charge in [0.25, 0.3) is 5.56 Å². The van der Waals surface area contributed by atoms with E-state index in [2.05, 4.69) is 56.5 Å². The lowest BCUT2D eigenvalue weighted by atomic mass is 9.94. The van der Waals surface area contributed by atoms with E-state index < -0.39 is 0 Å². The molecule has 1 fully saturated rings. The molecular weight excluding hydrogens is 455 g/mol. The number of aromatic amines is 1. The van der Waals surface area contributed by atoms with Crippen LogP contribution in [0.25, 0.3) is 22.3 Å². The lowest BCUT2D eigenvalue weighted by molar-refractivity contribution is 0.623. The van der Waals surface area contributed by atoms with Crippen molar-refractivity contribution in [3.8, 4) is 11.5 Å². The van der Waals surface area contributed by atoms with Crippen LogP contribution < -0.4 is 10.5 Å². The lowest BCUT2D eigenvalue weighted by Gasteiger charge is -2.20. The van der Waals surface area contributed by atoms with Crippen molar-refractivity contribution in [1.29, 1.82) is 0 Å². The first-order chi connectivity index (χ1) is 17.6. The summed E-state index contributed by atoms with van der Waals surface area (Å²) in [5, 5.41) is 17.3. The Morgan fingerprint density at radius 2 is 1.81 bits per heavy atom. The van der Waals surface area contributed by atoms with Crippen LogP contribution in [0.1, 0.15) is 29.0 Å². The first kappa shape index (κ1) is 22.2. The molecule has 0 spiro atoms. The first-order valence-corrected chi connectivity index (χ1v) is 12.0. The number of H-pyrrole nitrogens is 1. The van der Waals surface area contributed by atoms with Gasteiger partial charge in [-0.3, -0.25) is 9.36 Å². The van der Waals surface area contributed by atoms with Gasteiger partial charge in [-0.2, -0.15) is 5.10 Å². The predicted octanol–water partition coefficient (Wildman–Crippen LogP) is 4.67. The zero-order valence-corrected chi connectivity index (χ0v) is 19.9. The average Bonchev–Trinajstić information content (AvgIpc) is 3.52. The number of anilines is 1. The van der Waals surface area contributed by atoms with Crippen LogP contribution in [0.2, 0.25) is 0 Å². The molecule has 0 bridgehead atoms. The van der Waals surface area contributed by atoms with E-state index in [1.54, 1.807) is 12.1 Å². The van der Waals surface area contributed by atoms with Crippen LogP contribution in [0.15, 0.2) is 77.6 Å². The number of hydrogen-bond acceptors (Lipinski definition) is 5. The van der Waals surface area contributed by atoms with Crippen LogP contribution in [0.5, 0.6) is 0 Å². The van der Waals surface area contributed by atoms with Crippen LogP contribution >= 0.6 is 0 Å². The van der Waals surface area contributed by atoms with Crippen molar-refractivity contribution < 1.29 is 4.39 Å². The summed E-state index contributed by atoms with van der Waals surface area (Å²) in [5.74, 6) is 1.33. The van der Waals surface area contributed by atoms with E-state index in [4.69, 9.17) is 0 Å². The molecule has 0 amide bonds. The number of fused-ring (bicyclic) bond motifs is 1. The third-order valence-corrected chi connectivity index (χ3v) is 6.97. The number of hydrogen-bond donors (Lipinski definition) is 1. The highest BCUT2D eigenvalue weighted by molar-refractivity contribution is 5.92. The van der Waals surface area contributed by atoms with Gasteiger partial charge in [0.1, 0.15) is 11.5 Å². The molecule has 1 atom stereocenters. The van der Waals surface area contributed by atoms with E-state index in [1.807, 2.05) is 28.8 Å². The lowest BCUT2D eigenvalue weighted by Crippen LogP contribution is -2.24. The number of nitrogens with zero attached hydrogens (tertiary/aromatic N) is 5. The van der Waals surface area contributed by atoms with E-state index in [0.29, 0.717) is 40.7 Å². The van der Waals surface area contributed by atoms with Crippen LogP contribution in [-0.2, 0) is 6.54 Å². The Hall–Kier alpha value is -4.33. The second kappa shape index (κ2) is 9.03. The van der Waals surface area contributed by atoms with Gasteiger partial charge in [-0.25, -0.2) is 9.49 Å². The molecule has 3 heterocycles. The van der Waals surface area contributed by atoms with Crippen LogP contribution in [-0.4, -0.2) is 38.1 Å². The third-order valence-electron chi connectivity index (χ3n) is 6.97. The highest BCUT2D eigenvalue weighted by Gasteiger charge is 2.30. The van der Waals surface area contributed by atoms with Gasteiger partial charge in [0.05, 0.1) is 11.9 Å². The Labute approximate surface area is 207 Å². The van der Waals surface area contributed by atoms with Gasteiger partial charge in [0.2, 0.25) is 5.95 Å². The highest BCUT2D eigenvalue weighted by Crippen LogP contribution is 2.34. The van der Waals surface area contributed by atoms with Crippen molar-refractivity contribution in [2.45, 2.75) is 25.8 Å². The van der Waals surface area contributed by atoms with E-state index >= 15 is 0 Å². The van der Waals surface area contributed by atoms with Crippen molar-refractivity contribution in [2.75, 3.05) is 18.0 Å². The summed E-state index contributed by atoms with van der Waals surface area (Å²) in [6.45, 7) is 4.16. The molecule has 6 rings (SSSR count). The van der Waals surface area contributed by atoms with Crippen molar-refractivity contribution in [3.05, 3.63) is 106 Å². The zero-order chi connectivity index (χ0) is 24.6. The maximum absolute atomic E-state index is 14.0. The number of aromatic nitrogens is 5. The van der Waals surface area contributed by atoms with Crippen molar-refractivity contribution in [3.63, 3.8) is 0 Å². The monoisotopic (exact) mass is 480 g/mol. The molecule has 2 aromatic heterocycles. The molecule has 180 valence electrons. The third kappa shape index (κ3) is 3.94. The van der Waals surface area contributed by atoms with Gasteiger partial charge >= 0.3 is 0 Å². The summed E-state index contributed by atoms with van der Waals surface area (Å²) >= 11 is 0. The standard InChI is InChI=1S/C28H25FN6O/c1-18-7-2-3-10-22(18)20-13-14-34(17-20)28-33-31-26(35(28)16-19-8-6-9-21(29)15-19)25-23-11-4-5-12-24(23)27(36)32-30-25/h2-12,15,20H,13-14,16-17H2,1H3,(H,32,36). The predicted molar refractivity (Wildman–Crippen MR) is 138 cm³/mol. The summed E-state index contributed by atoms with van der Waals surface area (Å²) in [7, 11) is 0. The Bertz CT molecular complexity index is 1620. The van der Waals surface area contributed by atoms with Gasteiger partial charge in [-0.1, -0.05) is 54.6 Å². The largest absolute Gasteiger partial charge is 0.340 e. The van der Waals surface area contributed by atoms with Gasteiger partial charge < -0.3 is 4.90 Å². The molecule has 1 N–H and O–H groups in total. The van der Waals surface area contributed by atoms with Crippen LogP contribution in [0, 0.1) is 12.7 Å². The summed E-state index contributed by atoms with van der Waals surface area (Å²) in [5.41, 5.74) is 3.71. The van der Waals surface area contributed by atoms with Crippen molar-refractivity contribution in [2.24, 2.45) is 0 Å². The topological polar surface area (TPSA) is 79.7 Å². The molecule has 0 radical (unpaired) electrons. The van der Waals surface area contributed by atoms with E-state index in [1.165, 1.54) is 23.3 Å². The van der Waals surface area contributed by atoms with Crippen molar-refractivity contribution >= 4 is 16.7 Å². The molecule has 1 unspecified atom stereocenters. The molecule has 1 aliphatic heterocycles. The van der Waals surface area contributed by atoms with E-state index in [0.717, 1.165) is 25.1 Å². The number of benzene rings is 3. The Kier molecular flexibility index (Phi) is 5.56. The number of aryl methyl sites for hydroxylation is 1. The number of halogens is 1. The Balaban J connectivity index is 1.45. The smallest absolute Gasteiger partial charge is 0.272 e. The first-order valence-electron chi connectivity index (χ1n) is 12.0. The van der Waals surface area contributed by atoms with E-state index in [9.17, 15) is 9.18 Å². The normalized spacial score (nSPS) is 15.6. The zero-order valence-electron chi connectivity index (χ0n) is 19.9. The van der Waals surface area contributed by atoms with Crippen LogP contribution in [0.4, 0.5) is 10.3 Å². The summed E-state index contributed by atoms with van der Waals surface area (Å²) in [4.78, 5) is 14.6. The van der Waals surface area contributed by atoms with Crippen molar-refractivity contribution in [1.82, 2.24) is 25.0 Å². The maximum atomic E-state index is 14.0. The highest BCUT2D eigenvalue weighted by atomic mass is 19.1. The molecule has 5 aromatic rings. The van der Waals surface area contributed by atoms with Gasteiger partial charge in [-0.15, -0.1) is 10.2 Å². The quantitative estimate of drug-likeness (QED) is 0.395. The molecule has 1 aliphatic rings. The van der Waals surface area contributed by atoms with Gasteiger partial charge in [-0.05, 0) is 48.2 Å². The summed E-state index contributed by atoms with van der Waals surface area (Å²) in [6, 6.07) is 22.3. The minimum absolute atomic E-state index is 0.258. The average molecular weight is 481 g/mol. The second-order valence-electron chi connectivity index (χ2n) is 9.27. The maximum Gasteiger partial charge on any atom is 0.272 e. The Morgan fingerprint density at radius 1 is 1.00 bits per heavy atom. The van der Waals surface area contributed by atoms with Gasteiger partial charge in [0.15, 0.2) is 5.82 Å². The van der Waals surface area contributed by atoms with E-state index in [-0.39, 0.29) is 11.4 Å². The summed E-state index contributed by atoms with van der Waals surface area (Å²) < 4.78 is 16.0. The summed E-state index contributed by atoms with van der Waals surface area (Å²) in [6.07, 6.45) is 1.01. The number of nitrogens with one attached hydrogen (secondary N) is 1. The molecule has 0 saturated carbocycles. The molecule has 8 heteroatoms. The molecule has 1 saturated heterocycles. The fraction of sp³-hybridized carbons (Fsp3) is 0.214. The molecule has 36 heavy (non-hydrogen) atoms. The molecule has 3 aromatic carbocycles. The SMILES string of the molecule is Cc1ccccc1C1CCN(c2nnc(-c3n[nH]c(=O)c4ccccc34)n2Cc2cccc(F)c2)C1. The molecule has 0 aliphatic carbocycles. The number of rotatable bonds is 5. The molecular formula is C28H25FN6O. The molecule has 7 nitrogen and oxygen atoms in total. The van der Waals surface area contributed by atoms with Gasteiger partial charge in [0, 0.05) is 24.4 Å². The minimum atomic E-state index is -0.294. The Morgan fingerprint density at radius 3 is 2.64 bits per heavy atom. The fourth-order valence-electron chi connectivity index (χ4n) is 5.19. The minimum Gasteiger partial charge on any atom is -0.340 e.